The van der Waals surface area contributed by atoms with Crippen LogP contribution >= 0.6 is 0 Å². The van der Waals surface area contributed by atoms with Crippen LogP contribution in [0.15, 0.2) is 24.8 Å². The molecule has 4 heteroatoms. The average Bonchev–Trinajstić information content (AvgIpc) is 2.31. The molecule has 0 unspecified atom stereocenters. The van der Waals surface area contributed by atoms with Crippen LogP contribution < -0.4 is 10.5 Å². The Labute approximate surface area is 102 Å². The normalized spacial score (nSPS) is 10.0. The average molecular weight is 237 g/mol. The van der Waals surface area contributed by atoms with E-state index in [0.717, 1.165) is 5.56 Å². The molecule has 94 valence electrons. The lowest BCUT2D eigenvalue weighted by Crippen LogP contribution is -2.06. The highest BCUT2D eigenvalue weighted by molar-refractivity contribution is 5.67. The van der Waals surface area contributed by atoms with E-state index in [1.165, 1.54) is 0 Å². The molecule has 2 N–H and O–H groups in total. The Kier molecular flexibility index (Phi) is 5.36. The van der Waals surface area contributed by atoms with Crippen molar-refractivity contribution < 1.29 is 14.2 Å². The second-order valence-electron chi connectivity index (χ2n) is 3.45. The predicted octanol–water partition coefficient (Wildman–Crippen LogP) is 2.30. The van der Waals surface area contributed by atoms with Gasteiger partial charge in [-0.1, -0.05) is 6.58 Å². The van der Waals surface area contributed by atoms with Crippen LogP contribution in [0.3, 0.4) is 0 Å². The molecule has 0 aromatic heterocycles. The molecule has 0 fully saturated rings. The quantitative estimate of drug-likeness (QED) is 0.449. The van der Waals surface area contributed by atoms with E-state index in [9.17, 15) is 0 Å². The molecule has 0 amide bonds. The monoisotopic (exact) mass is 237 g/mol. The number of benzene rings is 1. The van der Waals surface area contributed by atoms with Gasteiger partial charge in [0.2, 0.25) is 0 Å². The number of ether oxygens (including phenoxy) is 3. The maximum absolute atomic E-state index is 5.74. The minimum absolute atomic E-state index is 0.479. The Morgan fingerprint density at radius 2 is 2.12 bits per heavy atom. The summed E-state index contributed by atoms with van der Waals surface area (Å²) < 4.78 is 15.9. The summed E-state index contributed by atoms with van der Waals surface area (Å²) >= 11 is 0. The van der Waals surface area contributed by atoms with Crippen LogP contribution in [-0.2, 0) is 9.47 Å². The molecule has 0 heterocycles. The first kappa shape index (κ1) is 13.4. The minimum atomic E-state index is 0.479. The number of hydrogen-bond donors (Lipinski definition) is 1. The molecule has 1 aromatic rings. The van der Waals surface area contributed by atoms with Gasteiger partial charge in [-0.25, -0.2) is 0 Å². The van der Waals surface area contributed by atoms with Crippen LogP contribution in [0, 0.1) is 0 Å². The molecular formula is C13H19NO3. The molecule has 0 radical (unpaired) electrons. The molecule has 0 spiro atoms. The zero-order valence-electron chi connectivity index (χ0n) is 10.4. The Hall–Kier alpha value is -1.68. The van der Waals surface area contributed by atoms with E-state index in [1.54, 1.807) is 19.2 Å². The van der Waals surface area contributed by atoms with Gasteiger partial charge in [0.1, 0.15) is 18.1 Å². The zero-order chi connectivity index (χ0) is 12.7. The molecule has 1 aromatic carbocycles. The second-order valence-corrected chi connectivity index (χ2v) is 3.45. The summed E-state index contributed by atoms with van der Waals surface area (Å²) in [6.07, 6.45) is 0. The number of anilines is 1. The van der Waals surface area contributed by atoms with Crippen molar-refractivity contribution in [2.45, 2.75) is 6.92 Å². The number of nitrogens with two attached hydrogens (primary N) is 1. The van der Waals surface area contributed by atoms with Gasteiger partial charge in [0.25, 0.3) is 0 Å². The molecule has 0 aliphatic rings. The predicted molar refractivity (Wildman–Crippen MR) is 68.9 cm³/mol. The van der Waals surface area contributed by atoms with Crippen LogP contribution in [0.1, 0.15) is 12.5 Å². The van der Waals surface area contributed by atoms with Crippen LogP contribution in [0.5, 0.6) is 5.75 Å². The molecule has 4 nitrogen and oxygen atoms in total. The topological polar surface area (TPSA) is 53.7 Å². The van der Waals surface area contributed by atoms with E-state index in [4.69, 9.17) is 19.9 Å². The van der Waals surface area contributed by atoms with E-state index >= 15 is 0 Å². The fourth-order valence-electron chi connectivity index (χ4n) is 1.38. The fourth-order valence-corrected chi connectivity index (χ4v) is 1.38. The molecule has 1 rings (SSSR count). The van der Waals surface area contributed by atoms with Gasteiger partial charge in [0.15, 0.2) is 0 Å². The first-order valence-electron chi connectivity index (χ1n) is 5.52. The second kappa shape index (κ2) is 6.81. The van der Waals surface area contributed by atoms with Gasteiger partial charge >= 0.3 is 0 Å². The van der Waals surface area contributed by atoms with Gasteiger partial charge in [-0.3, -0.25) is 0 Å². The lowest BCUT2D eigenvalue weighted by Gasteiger charge is -2.14. The van der Waals surface area contributed by atoms with Gasteiger partial charge in [-0.15, -0.1) is 0 Å². The Balaban J connectivity index is 2.83. The highest BCUT2D eigenvalue weighted by atomic mass is 16.5. The maximum atomic E-state index is 5.74. The SMILES string of the molecule is C=C(OCC)c1cc(N)ccc1OCCOC. The van der Waals surface area contributed by atoms with Crippen molar-refractivity contribution in [2.24, 2.45) is 0 Å². The summed E-state index contributed by atoms with van der Waals surface area (Å²) in [6, 6.07) is 5.38. The fraction of sp³-hybridized carbons (Fsp3) is 0.385. The van der Waals surface area contributed by atoms with Crippen LogP contribution in [0.2, 0.25) is 0 Å². The first-order valence-corrected chi connectivity index (χ1v) is 5.52. The maximum Gasteiger partial charge on any atom is 0.130 e. The molecule has 17 heavy (non-hydrogen) atoms. The molecule has 0 saturated carbocycles. The third-order valence-electron chi connectivity index (χ3n) is 2.17. The molecule has 0 aliphatic carbocycles. The lowest BCUT2D eigenvalue weighted by atomic mass is 10.1. The van der Waals surface area contributed by atoms with Gasteiger partial charge in [0.05, 0.1) is 18.8 Å². The van der Waals surface area contributed by atoms with Crippen molar-refractivity contribution in [3.63, 3.8) is 0 Å². The molecule has 0 saturated heterocycles. The molecule has 0 atom stereocenters. The van der Waals surface area contributed by atoms with Crippen molar-refractivity contribution in [2.75, 3.05) is 32.7 Å². The summed E-state index contributed by atoms with van der Waals surface area (Å²) in [5.74, 6) is 1.27. The van der Waals surface area contributed by atoms with E-state index < -0.39 is 0 Å². The highest BCUT2D eigenvalue weighted by Crippen LogP contribution is 2.28. The van der Waals surface area contributed by atoms with Crippen LogP contribution in [0.25, 0.3) is 5.76 Å². The number of nitrogen functional groups attached to an aromatic ring is 1. The highest BCUT2D eigenvalue weighted by Gasteiger charge is 2.08. The van der Waals surface area contributed by atoms with Gasteiger partial charge in [0, 0.05) is 12.8 Å². The molecule has 0 aliphatic heterocycles. The van der Waals surface area contributed by atoms with E-state index in [2.05, 4.69) is 6.58 Å². The summed E-state index contributed by atoms with van der Waals surface area (Å²) in [5.41, 5.74) is 7.17. The minimum Gasteiger partial charge on any atom is -0.494 e. The largest absolute Gasteiger partial charge is 0.494 e. The van der Waals surface area contributed by atoms with Crippen molar-refractivity contribution >= 4 is 11.4 Å². The van der Waals surface area contributed by atoms with Gasteiger partial charge in [-0.05, 0) is 25.1 Å². The zero-order valence-corrected chi connectivity index (χ0v) is 10.4. The summed E-state index contributed by atoms with van der Waals surface area (Å²) in [4.78, 5) is 0. The molecular weight excluding hydrogens is 218 g/mol. The Morgan fingerprint density at radius 1 is 1.35 bits per heavy atom. The standard InChI is InChI=1S/C13H19NO3/c1-4-16-10(2)12-9-11(14)5-6-13(12)17-8-7-15-3/h5-6,9H,2,4,7-8,14H2,1,3H3. The van der Waals surface area contributed by atoms with E-state index in [-0.39, 0.29) is 0 Å². The summed E-state index contributed by atoms with van der Waals surface area (Å²) in [5, 5.41) is 0. The van der Waals surface area contributed by atoms with Gasteiger partial charge in [-0.2, -0.15) is 0 Å². The van der Waals surface area contributed by atoms with Gasteiger partial charge < -0.3 is 19.9 Å². The van der Waals surface area contributed by atoms with Crippen molar-refractivity contribution in [1.29, 1.82) is 0 Å². The van der Waals surface area contributed by atoms with Crippen LogP contribution in [0.4, 0.5) is 5.69 Å². The van der Waals surface area contributed by atoms with E-state index in [0.29, 0.717) is 37.0 Å². The Morgan fingerprint density at radius 3 is 2.76 bits per heavy atom. The first-order chi connectivity index (χ1) is 8.19. The summed E-state index contributed by atoms with van der Waals surface area (Å²) in [6.45, 7) is 7.33. The summed E-state index contributed by atoms with van der Waals surface area (Å²) in [7, 11) is 1.63. The lowest BCUT2D eigenvalue weighted by molar-refractivity contribution is 0.146. The number of rotatable bonds is 7. The smallest absolute Gasteiger partial charge is 0.130 e. The third kappa shape index (κ3) is 4.00. The van der Waals surface area contributed by atoms with Crippen molar-refractivity contribution in [3.8, 4) is 5.75 Å². The van der Waals surface area contributed by atoms with Crippen LogP contribution in [-0.4, -0.2) is 26.9 Å². The molecule has 0 bridgehead atoms. The number of hydrogen-bond acceptors (Lipinski definition) is 4. The Bertz CT molecular complexity index is 377. The van der Waals surface area contributed by atoms with E-state index in [1.807, 2.05) is 13.0 Å². The van der Waals surface area contributed by atoms with Crippen molar-refractivity contribution in [1.82, 2.24) is 0 Å². The van der Waals surface area contributed by atoms with Crippen molar-refractivity contribution in [3.05, 3.63) is 30.3 Å². The third-order valence-corrected chi connectivity index (χ3v) is 2.17. The number of methoxy groups -OCH3 is 1.